The van der Waals surface area contributed by atoms with Crippen molar-refractivity contribution in [1.29, 1.82) is 0 Å². The fourth-order valence-corrected chi connectivity index (χ4v) is 9.45. The first-order valence-corrected chi connectivity index (χ1v) is 18.2. The summed E-state index contributed by atoms with van der Waals surface area (Å²) in [7, 11) is 0. The van der Waals surface area contributed by atoms with E-state index < -0.39 is 0 Å². The number of benzene rings is 8. The fraction of sp³-hybridized carbons (Fsp3) is 0.0417. The third kappa shape index (κ3) is 4.19. The van der Waals surface area contributed by atoms with E-state index in [1.54, 1.807) is 0 Å². The van der Waals surface area contributed by atoms with E-state index in [2.05, 4.69) is 152 Å². The summed E-state index contributed by atoms with van der Waals surface area (Å²) in [4.78, 5) is 0. The highest BCUT2D eigenvalue weighted by Gasteiger charge is 2.18. The van der Waals surface area contributed by atoms with Gasteiger partial charge in [0.2, 0.25) is 0 Å². The van der Waals surface area contributed by atoms with Crippen LogP contribution in [0, 0.1) is 0 Å². The van der Waals surface area contributed by atoms with Gasteiger partial charge in [-0.25, -0.2) is 0 Å². The minimum atomic E-state index is 0.939. The molecule has 8 aromatic carbocycles. The molecule has 50 heavy (non-hydrogen) atoms. The van der Waals surface area contributed by atoms with E-state index in [1.807, 2.05) is 17.4 Å². The Bertz CT molecular complexity index is 3120. The van der Waals surface area contributed by atoms with Gasteiger partial charge in [-0.2, -0.15) is 0 Å². The molecule has 10 aromatic rings. The predicted molar refractivity (Wildman–Crippen MR) is 215 cm³/mol. The molecule has 0 bridgehead atoms. The minimum absolute atomic E-state index is 0.939. The molecule has 234 valence electrons. The third-order valence-electron chi connectivity index (χ3n) is 10.7. The van der Waals surface area contributed by atoms with Crippen LogP contribution in [0.3, 0.4) is 0 Å². The highest BCUT2D eigenvalue weighted by Crippen LogP contribution is 2.41. The summed E-state index contributed by atoms with van der Waals surface area (Å²) in [5, 5.41) is 12.7. The van der Waals surface area contributed by atoms with Gasteiger partial charge in [0.15, 0.2) is 0 Å². The second kappa shape index (κ2) is 10.8. The van der Waals surface area contributed by atoms with Crippen LogP contribution in [0.2, 0.25) is 0 Å². The molecule has 2 heteroatoms. The lowest BCUT2D eigenvalue weighted by Crippen LogP contribution is -2.31. The highest BCUT2D eigenvalue weighted by atomic mass is 32.1. The topological polar surface area (TPSA) is 13.1 Å². The Hall–Kier alpha value is -5.96. The summed E-state index contributed by atoms with van der Waals surface area (Å²) < 4.78 is 8.91. The van der Waals surface area contributed by atoms with Crippen molar-refractivity contribution in [2.24, 2.45) is 0 Å². The number of rotatable bonds is 3. The number of furan rings is 1. The zero-order chi connectivity index (χ0) is 32.8. The maximum Gasteiger partial charge on any atom is 0.136 e. The Morgan fingerprint density at radius 3 is 1.74 bits per heavy atom. The molecular weight excluding hydrogens is 625 g/mol. The standard InChI is InChI=1S/C48H30OS/c1-2-10-29(11-3-1)30-18-20-31(21-19-30)47-36-13-4-6-15-38(36)48(39-16-7-5-14-37(39)47)32-22-23-45-41(24-32)42-26-33-27-44-40(25-34(33)28-46(42)50-45)35-12-8-9-17-43(35)49-44/h1-4,6,8-28H,5,7H2. The smallest absolute Gasteiger partial charge is 0.136 e. The summed E-state index contributed by atoms with van der Waals surface area (Å²) in [6, 6.07) is 53.5. The molecule has 1 aliphatic carbocycles. The van der Waals surface area contributed by atoms with Crippen molar-refractivity contribution in [3.63, 3.8) is 0 Å². The minimum Gasteiger partial charge on any atom is -0.456 e. The maximum atomic E-state index is 6.28. The van der Waals surface area contributed by atoms with E-state index >= 15 is 0 Å². The van der Waals surface area contributed by atoms with Crippen molar-refractivity contribution in [3.05, 3.63) is 156 Å². The summed E-state index contributed by atoms with van der Waals surface area (Å²) in [6.07, 6.45) is 7.05. The zero-order valence-electron chi connectivity index (χ0n) is 27.2. The van der Waals surface area contributed by atoms with Crippen molar-refractivity contribution >= 4 is 87.1 Å². The maximum absolute atomic E-state index is 6.28. The molecule has 0 saturated heterocycles. The first kappa shape index (κ1) is 27.9. The number of hydrogen-bond donors (Lipinski definition) is 0. The largest absolute Gasteiger partial charge is 0.456 e. The Balaban J connectivity index is 1.12. The van der Waals surface area contributed by atoms with Crippen LogP contribution in [0.1, 0.15) is 12.8 Å². The fourth-order valence-electron chi connectivity index (χ4n) is 8.34. The quantitative estimate of drug-likeness (QED) is 0.185. The third-order valence-corrected chi connectivity index (χ3v) is 11.8. The molecule has 0 N–H and O–H groups in total. The van der Waals surface area contributed by atoms with E-state index in [-0.39, 0.29) is 0 Å². The van der Waals surface area contributed by atoms with Crippen molar-refractivity contribution < 1.29 is 4.42 Å². The van der Waals surface area contributed by atoms with Crippen molar-refractivity contribution in [2.75, 3.05) is 0 Å². The van der Waals surface area contributed by atoms with Gasteiger partial charge < -0.3 is 4.42 Å². The summed E-state index contributed by atoms with van der Waals surface area (Å²) in [6.45, 7) is 0. The number of hydrogen-bond acceptors (Lipinski definition) is 2. The van der Waals surface area contributed by atoms with Gasteiger partial charge in [0, 0.05) is 30.9 Å². The van der Waals surface area contributed by atoms with Crippen LogP contribution in [0.25, 0.3) is 109 Å². The Kier molecular flexibility index (Phi) is 6.02. The molecule has 0 amide bonds. The monoisotopic (exact) mass is 654 g/mol. The zero-order valence-corrected chi connectivity index (χ0v) is 28.1. The molecule has 0 fully saturated rings. The highest BCUT2D eigenvalue weighted by molar-refractivity contribution is 7.25. The van der Waals surface area contributed by atoms with Crippen LogP contribution in [0.4, 0.5) is 0 Å². The van der Waals surface area contributed by atoms with E-state index in [0.717, 1.165) is 24.0 Å². The van der Waals surface area contributed by atoms with Gasteiger partial charge >= 0.3 is 0 Å². The molecule has 2 heterocycles. The van der Waals surface area contributed by atoms with E-state index in [0.29, 0.717) is 0 Å². The second-order valence-corrected chi connectivity index (χ2v) is 14.6. The van der Waals surface area contributed by atoms with Crippen molar-refractivity contribution in [3.8, 4) is 33.4 Å². The molecule has 0 aliphatic heterocycles. The lowest BCUT2D eigenvalue weighted by atomic mass is 9.85. The van der Waals surface area contributed by atoms with Crippen LogP contribution in [0.15, 0.2) is 150 Å². The molecule has 1 aliphatic rings. The number of para-hydroxylation sites is 1. The Labute approximate surface area is 292 Å². The van der Waals surface area contributed by atoms with Crippen LogP contribution in [-0.4, -0.2) is 0 Å². The lowest BCUT2D eigenvalue weighted by Gasteiger charge is -2.18. The average molecular weight is 655 g/mol. The number of thiophene rings is 1. The van der Waals surface area contributed by atoms with Crippen LogP contribution in [-0.2, 0) is 0 Å². The first-order valence-electron chi connectivity index (χ1n) is 17.4. The molecule has 0 spiro atoms. The second-order valence-electron chi connectivity index (χ2n) is 13.5. The van der Waals surface area contributed by atoms with E-state index in [4.69, 9.17) is 4.42 Å². The van der Waals surface area contributed by atoms with E-state index in [9.17, 15) is 0 Å². The van der Waals surface area contributed by atoms with Gasteiger partial charge in [-0.05, 0) is 121 Å². The van der Waals surface area contributed by atoms with Crippen LogP contribution in [0.5, 0.6) is 0 Å². The van der Waals surface area contributed by atoms with Gasteiger partial charge in [0.1, 0.15) is 11.2 Å². The molecule has 11 rings (SSSR count). The molecule has 0 unspecified atom stereocenters. The Morgan fingerprint density at radius 1 is 0.380 bits per heavy atom. The van der Waals surface area contributed by atoms with Crippen molar-refractivity contribution in [2.45, 2.75) is 12.8 Å². The Morgan fingerprint density at radius 2 is 0.960 bits per heavy atom. The molecule has 1 nitrogen and oxygen atoms in total. The predicted octanol–water partition coefficient (Wildman–Crippen LogP) is 12.6. The lowest BCUT2D eigenvalue weighted by molar-refractivity contribution is 0.669. The van der Waals surface area contributed by atoms with Crippen LogP contribution < -0.4 is 10.4 Å². The number of fused-ring (bicyclic) bond motifs is 9. The van der Waals surface area contributed by atoms with Crippen LogP contribution >= 0.6 is 11.3 Å². The van der Waals surface area contributed by atoms with Gasteiger partial charge in [0.05, 0.1) is 0 Å². The summed E-state index contributed by atoms with van der Waals surface area (Å²) in [5.74, 6) is 0. The van der Waals surface area contributed by atoms with Gasteiger partial charge in [-0.3, -0.25) is 0 Å². The molecule has 0 radical (unpaired) electrons. The van der Waals surface area contributed by atoms with Gasteiger partial charge in [-0.15, -0.1) is 11.3 Å². The summed E-state index contributed by atoms with van der Waals surface area (Å²) >= 11 is 1.89. The first-order chi connectivity index (χ1) is 24.8. The normalized spacial score (nSPS) is 13.0. The van der Waals surface area contributed by atoms with Gasteiger partial charge in [-0.1, -0.05) is 115 Å². The molecule has 0 atom stereocenters. The molecule has 0 saturated carbocycles. The van der Waals surface area contributed by atoms with E-state index in [1.165, 1.54) is 96.3 Å². The van der Waals surface area contributed by atoms with Crippen molar-refractivity contribution in [1.82, 2.24) is 0 Å². The average Bonchev–Trinajstić information content (AvgIpc) is 3.72. The molecule has 2 aromatic heterocycles. The molecular formula is C48H30OS. The van der Waals surface area contributed by atoms with Gasteiger partial charge in [0.25, 0.3) is 0 Å². The summed E-state index contributed by atoms with van der Waals surface area (Å²) in [5.41, 5.74) is 9.57. The SMILES string of the molecule is C1=c2c(-c3ccc(-c4ccccc4)cc3)c3ccccc3c(-c3ccc4sc5cc6cc7c(cc6cc5c4c3)oc3ccccc37)c2=CCC1.